The van der Waals surface area contributed by atoms with Gasteiger partial charge >= 0.3 is 0 Å². The lowest BCUT2D eigenvalue weighted by atomic mass is 10.1. The Bertz CT molecular complexity index is 665. The summed E-state index contributed by atoms with van der Waals surface area (Å²) in [5.41, 5.74) is 6.74. The van der Waals surface area contributed by atoms with E-state index in [0.717, 1.165) is 0 Å². The highest BCUT2D eigenvalue weighted by molar-refractivity contribution is 8.00. The van der Waals surface area contributed by atoms with Crippen LogP contribution < -0.4 is 5.73 Å². The van der Waals surface area contributed by atoms with Crippen molar-refractivity contribution in [3.8, 4) is 0 Å². The van der Waals surface area contributed by atoms with Crippen LogP contribution in [0.1, 0.15) is 6.23 Å². The molecule has 8 nitrogen and oxygen atoms in total. The molecule has 2 saturated heterocycles. The third kappa shape index (κ3) is 1.57. The Kier molecular flexibility index (Phi) is 2.64. The van der Waals surface area contributed by atoms with Gasteiger partial charge in [0.15, 0.2) is 17.7 Å². The van der Waals surface area contributed by atoms with Crippen molar-refractivity contribution in [3.05, 3.63) is 12.7 Å². The zero-order chi connectivity index (χ0) is 13.9. The van der Waals surface area contributed by atoms with Crippen LogP contribution in [0.5, 0.6) is 0 Å². The molecule has 0 radical (unpaired) electrons. The summed E-state index contributed by atoms with van der Waals surface area (Å²) in [5.74, 6) is 0.870. The van der Waals surface area contributed by atoms with Crippen molar-refractivity contribution in [2.24, 2.45) is 0 Å². The molecule has 4 heterocycles. The normalized spacial score (nSPS) is 36.6. The molecule has 2 aromatic rings. The highest BCUT2D eigenvalue weighted by Gasteiger charge is 2.52. The largest absolute Gasteiger partial charge is 0.390 e. The first kappa shape index (κ1) is 12.3. The molecule has 4 rings (SSSR count). The zero-order valence-corrected chi connectivity index (χ0v) is 11.1. The molecule has 0 amide bonds. The van der Waals surface area contributed by atoms with Crippen molar-refractivity contribution in [2.75, 3.05) is 11.5 Å². The van der Waals surface area contributed by atoms with E-state index in [1.165, 1.54) is 24.4 Å². The maximum absolute atomic E-state index is 10.4. The second-order valence-electron chi connectivity index (χ2n) is 4.93. The number of hydrogen-bond acceptors (Lipinski definition) is 8. The Balaban J connectivity index is 1.75. The molecule has 9 heteroatoms. The number of rotatable bonds is 1. The number of fused-ring (bicyclic) bond motifs is 2. The van der Waals surface area contributed by atoms with Crippen molar-refractivity contribution in [3.63, 3.8) is 0 Å². The lowest BCUT2D eigenvalue weighted by Crippen LogP contribution is -2.29. The molecule has 2 aliphatic rings. The van der Waals surface area contributed by atoms with Gasteiger partial charge in [-0.05, 0) is 0 Å². The molecule has 2 aliphatic heterocycles. The Morgan fingerprint density at radius 2 is 2.20 bits per heavy atom. The van der Waals surface area contributed by atoms with Crippen molar-refractivity contribution in [2.45, 2.75) is 29.8 Å². The molecule has 4 N–H and O–H groups in total. The number of imidazole rings is 1. The van der Waals surface area contributed by atoms with E-state index in [0.29, 0.717) is 16.9 Å². The SMILES string of the molecule is Nc1ncnc2c1ncn2[C@@H]1O[C@H]2[C@H](SC[C@H]2O)[C@H]1O. The highest BCUT2D eigenvalue weighted by Crippen LogP contribution is 2.43. The van der Waals surface area contributed by atoms with Gasteiger partial charge in [-0.25, -0.2) is 15.0 Å². The molecule has 2 aromatic heterocycles. The van der Waals surface area contributed by atoms with E-state index in [2.05, 4.69) is 15.0 Å². The quantitative estimate of drug-likeness (QED) is 0.622. The van der Waals surface area contributed by atoms with E-state index in [4.69, 9.17) is 10.5 Å². The van der Waals surface area contributed by atoms with Crippen LogP contribution in [0, 0.1) is 0 Å². The average Bonchev–Trinajstić information content (AvgIpc) is 3.08. The zero-order valence-electron chi connectivity index (χ0n) is 10.3. The lowest BCUT2D eigenvalue weighted by molar-refractivity contribution is -0.0669. The Labute approximate surface area is 118 Å². The summed E-state index contributed by atoms with van der Waals surface area (Å²) in [6.45, 7) is 0. The standard InChI is InChI=1S/C11H13N5O3S/c12-9-5-10(14-2-13-9)16(3-15-5)11-6(18)8-7(19-11)4(17)1-20-8/h2-4,6-8,11,17-18H,1H2,(H2,12,13,14)/t4-,6-,7-,8-,11-/m1/s1. The third-order valence-corrected chi connectivity index (χ3v) is 5.21. The van der Waals surface area contributed by atoms with Crippen LogP contribution in [0.15, 0.2) is 12.7 Å². The fourth-order valence-electron chi connectivity index (χ4n) is 2.77. The van der Waals surface area contributed by atoms with Gasteiger partial charge in [-0.1, -0.05) is 0 Å². The van der Waals surface area contributed by atoms with Gasteiger partial charge in [0.25, 0.3) is 0 Å². The molecular weight excluding hydrogens is 282 g/mol. The summed E-state index contributed by atoms with van der Waals surface area (Å²) in [6, 6.07) is 0. The van der Waals surface area contributed by atoms with E-state index in [-0.39, 0.29) is 17.2 Å². The van der Waals surface area contributed by atoms with Gasteiger partial charge in [-0.3, -0.25) is 4.57 Å². The van der Waals surface area contributed by atoms with Crippen molar-refractivity contribution < 1.29 is 14.9 Å². The van der Waals surface area contributed by atoms with Gasteiger partial charge < -0.3 is 20.7 Å². The number of aliphatic hydroxyl groups excluding tert-OH is 2. The Morgan fingerprint density at radius 3 is 3.00 bits per heavy atom. The molecule has 0 saturated carbocycles. The van der Waals surface area contributed by atoms with Crippen molar-refractivity contribution in [1.82, 2.24) is 19.5 Å². The number of ether oxygens (including phenoxy) is 1. The number of nitrogen functional groups attached to an aromatic ring is 1. The number of anilines is 1. The average molecular weight is 295 g/mol. The topological polar surface area (TPSA) is 119 Å². The first-order chi connectivity index (χ1) is 9.66. The third-order valence-electron chi connectivity index (χ3n) is 3.75. The van der Waals surface area contributed by atoms with Crippen LogP contribution in [0.4, 0.5) is 5.82 Å². The minimum atomic E-state index is -0.726. The van der Waals surface area contributed by atoms with Crippen LogP contribution in [-0.2, 0) is 4.74 Å². The Hall–Kier alpha value is -1.42. The van der Waals surface area contributed by atoms with Crippen LogP contribution >= 0.6 is 11.8 Å². The van der Waals surface area contributed by atoms with Crippen LogP contribution in [0.25, 0.3) is 11.2 Å². The number of nitrogens with two attached hydrogens (primary N) is 1. The van der Waals surface area contributed by atoms with E-state index < -0.39 is 18.4 Å². The Morgan fingerprint density at radius 1 is 1.35 bits per heavy atom. The van der Waals surface area contributed by atoms with Gasteiger partial charge in [0, 0.05) is 5.75 Å². The summed E-state index contributed by atoms with van der Waals surface area (Å²) in [5, 5.41) is 20.1. The van der Waals surface area contributed by atoms with Gasteiger partial charge in [0.05, 0.1) is 17.7 Å². The molecule has 5 atom stereocenters. The smallest absolute Gasteiger partial charge is 0.167 e. The van der Waals surface area contributed by atoms with Gasteiger partial charge in [0.1, 0.15) is 24.1 Å². The van der Waals surface area contributed by atoms with E-state index >= 15 is 0 Å². The number of aliphatic hydroxyl groups is 2. The monoisotopic (exact) mass is 295 g/mol. The molecule has 2 fully saturated rings. The molecule has 106 valence electrons. The fraction of sp³-hybridized carbons (Fsp3) is 0.545. The van der Waals surface area contributed by atoms with Crippen LogP contribution in [0.2, 0.25) is 0 Å². The molecule has 0 aromatic carbocycles. The van der Waals surface area contributed by atoms with Gasteiger partial charge in [-0.2, -0.15) is 11.8 Å². The second-order valence-corrected chi connectivity index (χ2v) is 6.14. The first-order valence-electron chi connectivity index (χ1n) is 6.23. The van der Waals surface area contributed by atoms with E-state index in [1.54, 1.807) is 4.57 Å². The summed E-state index contributed by atoms with van der Waals surface area (Å²) in [4.78, 5) is 12.2. The number of thioether (sulfide) groups is 1. The molecule has 0 unspecified atom stereocenters. The first-order valence-corrected chi connectivity index (χ1v) is 7.28. The molecular formula is C11H13N5O3S. The van der Waals surface area contributed by atoms with Crippen LogP contribution in [0.3, 0.4) is 0 Å². The van der Waals surface area contributed by atoms with Gasteiger partial charge in [-0.15, -0.1) is 0 Å². The minimum Gasteiger partial charge on any atom is -0.390 e. The maximum Gasteiger partial charge on any atom is 0.167 e. The second kappa shape index (κ2) is 4.29. The highest BCUT2D eigenvalue weighted by atomic mass is 32.2. The number of nitrogens with zero attached hydrogens (tertiary/aromatic N) is 4. The minimum absolute atomic E-state index is 0.133. The number of aromatic nitrogens is 4. The van der Waals surface area contributed by atoms with Crippen molar-refractivity contribution in [1.29, 1.82) is 0 Å². The summed E-state index contributed by atoms with van der Waals surface area (Å²) >= 11 is 1.52. The summed E-state index contributed by atoms with van der Waals surface area (Å²) in [6.07, 6.45) is 0.613. The maximum atomic E-state index is 10.4. The predicted molar refractivity (Wildman–Crippen MR) is 71.9 cm³/mol. The van der Waals surface area contributed by atoms with E-state index in [1.807, 2.05) is 0 Å². The summed E-state index contributed by atoms with van der Waals surface area (Å²) in [7, 11) is 0. The molecule has 0 bridgehead atoms. The number of hydrogen-bond donors (Lipinski definition) is 3. The molecule has 0 aliphatic carbocycles. The molecule has 0 spiro atoms. The van der Waals surface area contributed by atoms with Crippen molar-refractivity contribution >= 4 is 28.7 Å². The predicted octanol–water partition coefficient (Wildman–Crippen LogP) is -0.857. The summed E-state index contributed by atoms with van der Waals surface area (Å²) < 4.78 is 7.45. The van der Waals surface area contributed by atoms with E-state index in [9.17, 15) is 10.2 Å². The molecule has 20 heavy (non-hydrogen) atoms. The lowest BCUT2D eigenvalue weighted by Gasteiger charge is -2.18. The van der Waals surface area contributed by atoms with Gasteiger partial charge in [0.2, 0.25) is 0 Å². The van der Waals surface area contributed by atoms with Crippen LogP contribution in [-0.4, -0.2) is 59.0 Å². The fourth-order valence-corrected chi connectivity index (χ4v) is 4.15.